The summed E-state index contributed by atoms with van der Waals surface area (Å²) in [7, 11) is 1.23. The van der Waals surface area contributed by atoms with Gasteiger partial charge < -0.3 is 15.2 Å². The standard InChI is InChI=1S/C9H15NO4/c1-14-9(13)10-7(8(11)12)6-4-2-3-5-6/h6-7H,2-5H2,1H3,(H,10,13)(H,11,12)/t7-/m1/s1. The molecule has 1 fully saturated rings. The van der Waals surface area contributed by atoms with Crippen molar-refractivity contribution in [3.63, 3.8) is 0 Å². The molecule has 5 nitrogen and oxygen atoms in total. The maximum Gasteiger partial charge on any atom is 0.407 e. The van der Waals surface area contributed by atoms with Crippen LogP contribution < -0.4 is 5.32 Å². The quantitative estimate of drug-likeness (QED) is 0.713. The van der Waals surface area contributed by atoms with Crippen molar-refractivity contribution in [3.05, 3.63) is 0 Å². The lowest BCUT2D eigenvalue weighted by Gasteiger charge is -2.19. The molecule has 5 heteroatoms. The first kappa shape index (κ1) is 10.8. The third-order valence-corrected chi connectivity index (χ3v) is 2.60. The fourth-order valence-corrected chi connectivity index (χ4v) is 1.86. The molecule has 0 aromatic rings. The first-order valence-corrected chi connectivity index (χ1v) is 4.72. The van der Waals surface area contributed by atoms with Crippen LogP contribution in [0.5, 0.6) is 0 Å². The SMILES string of the molecule is COC(=O)N[C@@H](C(=O)O)C1CCCC1. The lowest BCUT2D eigenvalue weighted by molar-refractivity contribution is -0.140. The number of amides is 1. The molecule has 0 bridgehead atoms. The van der Waals surface area contributed by atoms with Gasteiger partial charge in [0.15, 0.2) is 0 Å². The summed E-state index contributed by atoms with van der Waals surface area (Å²) in [6, 6.07) is -0.801. The monoisotopic (exact) mass is 201 g/mol. The second kappa shape index (κ2) is 4.83. The molecule has 0 saturated heterocycles. The number of alkyl carbamates (subject to hydrolysis) is 1. The molecular weight excluding hydrogens is 186 g/mol. The van der Waals surface area contributed by atoms with Crippen molar-refractivity contribution in [1.82, 2.24) is 5.32 Å². The number of hydrogen-bond donors (Lipinski definition) is 2. The molecule has 1 aliphatic carbocycles. The molecule has 1 amide bonds. The number of carboxylic acid groups (broad SMARTS) is 1. The van der Waals surface area contributed by atoms with Crippen molar-refractivity contribution in [2.45, 2.75) is 31.7 Å². The van der Waals surface area contributed by atoms with Gasteiger partial charge in [-0.2, -0.15) is 0 Å². The summed E-state index contributed by atoms with van der Waals surface area (Å²) in [5.41, 5.74) is 0. The van der Waals surface area contributed by atoms with Gasteiger partial charge in [-0.15, -0.1) is 0 Å². The summed E-state index contributed by atoms with van der Waals surface area (Å²) in [5.74, 6) is -0.936. The highest BCUT2D eigenvalue weighted by Crippen LogP contribution is 2.27. The average molecular weight is 201 g/mol. The van der Waals surface area contributed by atoms with Gasteiger partial charge in [-0.25, -0.2) is 9.59 Å². The van der Waals surface area contributed by atoms with Gasteiger partial charge in [0.25, 0.3) is 0 Å². The number of aliphatic carboxylic acids is 1. The van der Waals surface area contributed by atoms with E-state index in [1.54, 1.807) is 0 Å². The number of rotatable bonds is 3. The van der Waals surface area contributed by atoms with Gasteiger partial charge >= 0.3 is 12.1 Å². The van der Waals surface area contributed by atoms with Gasteiger partial charge in [0.05, 0.1) is 7.11 Å². The number of ether oxygens (including phenoxy) is 1. The zero-order valence-corrected chi connectivity index (χ0v) is 8.16. The Morgan fingerprint density at radius 1 is 1.43 bits per heavy atom. The minimum Gasteiger partial charge on any atom is -0.480 e. The highest BCUT2D eigenvalue weighted by Gasteiger charge is 2.31. The van der Waals surface area contributed by atoms with Gasteiger partial charge in [-0.1, -0.05) is 12.8 Å². The predicted molar refractivity (Wildman–Crippen MR) is 48.9 cm³/mol. The molecule has 1 aliphatic rings. The van der Waals surface area contributed by atoms with E-state index >= 15 is 0 Å². The number of carbonyl (C=O) groups excluding carboxylic acids is 1. The highest BCUT2D eigenvalue weighted by atomic mass is 16.5. The molecule has 0 aromatic heterocycles. The van der Waals surface area contributed by atoms with Gasteiger partial charge in [-0.3, -0.25) is 0 Å². The van der Waals surface area contributed by atoms with Crippen molar-refractivity contribution < 1.29 is 19.4 Å². The number of hydrogen-bond acceptors (Lipinski definition) is 3. The molecule has 0 aliphatic heterocycles. The fraction of sp³-hybridized carbons (Fsp3) is 0.778. The zero-order valence-electron chi connectivity index (χ0n) is 8.16. The summed E-state index contributed by atoms with van der Waals surface area (Å²) in [6.45, 7) is 0. The van der Waals surface area contributed by atoms with Crippen LogP contribution in [0.1, 0.15) is 25.7 Å². The third-order valence-electron chi connectivity index (χ3n) is 2.60. The minimum absolute atomic E-state index is 0.0478. The Balaban J connectivity index is 2.54. The van der Waals surface area contributed by atoms with Crippen LogP contribution in [0.4, 0.5) is 4.79 Å². The summed E-state index contributed by atoms with van der Waals surface area (Å²) in [5, 5.41) is 11.3. The molecule has 0 aromatic carbocycles. The van der Waals surface area contributed by atoms with Crippen molar-refractivity contribution >= 4 is 12.1 Å². The zero-order chi connectivity index (χ0) is 10.6. The van der Waals surface area contributed by atoms with Gasteiger partial charge in [-0.05, 0) is 18.8 Å². The second-order valence-electron chi connectivity index (χ2n) is 3.50. The molecule has 0 heterocycles. The smallest absolute Gasteiger partial charge is 0.407 e. The van der Waals surface area contributed by atoms with Crippen LogP contribution in [-0.2, 0) is 9.53 Å². The Hall–Kier alpha value is -1.26. The Morgan fingerprint density at radius 2 is 2.00 bits per heavy atom. The first-order valence-electron chi connectivity index (χ1n) is 4.72. The predicted octanol–water partition coefficient (Wildman–Crippen LogP) is 0.986. The molecule has 0 radical (unpaired) electrons. The van der Waals surface area contributed by atoms with E-state index in [1.165, 1.54) is 7.11 Å². The Labute approximate surface area is 82.4 Å². The van der Waals surface area contributed by atoms with E-state index in [1.807, 2.05) is 0 Å². The van der Waals surface area contributed by atoms with E-state index in [0.29, 0.717) is 0 Å². The molecular formula is C9H15NO4. The Morgan fingerprint density at radius 3 is 2.43 bits per heavy atom. The maximum absolute atomic E-state index is 10.9. The molecule has 80 valence electrons. The number of methoxy groups -OCH3 is 1. The van der Waals surface area contributed by atoms with E-state index in [4.69, 9.17) is 5.11 Å². The Bertz CT molecular complexity index is 223. The van der Waals surface area contributed by atoms with E-state index < -0.39 is 18.1 Å². The number of carbonyl (C=O) groups is 2. The van der Waals surface area contributed by atoms with Crippen LogP contribution >= 0.6 is 0 Å². The minimum atomic E-state index is -0.984. The summed E-state index contributed by atoms with van der Waals surface area (Å²) in [4.78, 5) is 21.8. The highest BCUT2D eigenvalue weighted by molar-refractivity contribution is 5.80. The largest absolute Gasteiger partial charge is 0.480 e. The van der Waals surface area contributed by atoms with E-state index in [9.17, 15) is 9.59 Å². The summed E-state index contributed by atoms with van der Waals surface area (Å²) < 4.78 is 4.38. The van der Waals surface area contributed by atoms with Gasteiger partial charge in [0, 0.05) is 0 Å². The van der Waals surface area contributed by atoms with Crippen molar-refractivity contribution in [2.75, 3.05) is 7.11 Å². The molecule has 2 N–H and O–H groups in total. The first-order chi connectivity index (χ1) is 6.65. The lowest BCUT2D eigenvalue weighted by Crippen LogP contribution is -2.45. The molecule has 1 atom stereocenters. The average Bonchev–Trinajstić information content (AvgIpc) is 2.65. The van der Waals surface area contributed by atoms with Crippen LogP contribution in [0.15, 0.2) is 0 Å². The second-order valence-corrected chi connectivity index (χ2v) is 3.50. The van der Waals surface area contributed by atoms with Crippen molar-refractivity contribution in [3.8, 4) is 0 Å². The van der Waals surface area contributed by atoms with Crippen LogP contribution in [0.2, 0.25) is 0 Å². The fourth-order valence-electron chi connectivity index (χ4n) is 1.86. The summed E-state index contributed by atoms with van der Waals surface area (Å²) in [6.07, 6.45) is 3.13. The van der Waals surface area contributed by atoms with Crippen molar-refractivity contribution in [2.24, 2.45) is 5.92 Å². The molecule has 14 heavy (non-hydrogen) atoms. The van der Waals surface area contributed by atoms with Crippen LogP contribution in [-0.4, -0.2) is 30.3 Å². The number of carboxylic acids is 1. The van der Waals surface area contributed by atoms with Crippen molar-refractivity contribution in [1.29, 1.82) is 0 Å². The Kier molecular flexibility index (Phi) is 3.73. The van der Waals surface area contributed by atoms with E-state index in [2.05, 4.69) is 10.1 Å². The number of nitrogens with one attached hydrogen (secondary N) is 1. The maximum atomic E-state index is 10.9. The van der Waals surface area contributed by atoms with Crippen LogP contribution in [0, 0.1) is 5.92 Å². The van der Waals surface area contributed by atoms with E-state index in [0.717, 1.165) is 25.7 Å². The van der Waals surface area contributed by atoms with E-state index in [-0.39, 0.29) is 5.92 Å². The normalized spacial score (nSPS) is 18.9. The lowest BCUT2D eigenvalue weighted by atomic mass is 9.98. The molecule has 1 rings (SSSR count). The topological polar surface area (TPSA) is 75.6 Å². The molecule has 0 unspecified atom stereocenters. The van der Waals surface area contributed by atoms with Crippen LogP contribution in [0.3, 0.4) is 0 Å². The van der Waals surface area contributed by atoms with Crippen LogP contribution in [0.25, 0.3) is 0 Å². The van der Waals surface area contributed by atoms with Gasteiger partial charge in [0.1, 0.15) is 6.04 Å². The third kappa shape index (κ3) is 2.61. The molecule has 0 spiro atoms. The van der Waals surface area contributed by atoms with Gasteiger partial charge in [0.2, 0.25) is 0 Å². The summed E-state index contributed by atoms with van der Waals surface area (Å²) >= 11 is 0. The molecule has 1 saturated carbocycles.